The van der Waals surface area contributed by atoms with Gasteiger partial charge in [-0.1, -0.05) is 29.8 Å². The van der Waals surface area contributed by atoms with Crippen molar-refractivity contribution in [3.63, 3.8) is 0 Å². The number of benzene rings is 2. The van der Waals surface area contributed by atoms with Gasteiger partial charge in [-0.2, -0.15) is 0 Å². The average molecular weight is 266 g/mol. The summed E-state index contributed by atoms with van der Waals surface area (Å²) in [6.07, 6.45) is 0.535. The summed E-state index contributed by atoms with van der Waals surface area (Å²) in [5.41, 5.74) is 1.75. The van der Waals surface area contributed by atoms with E-state index in [2.05, 4.69) is 5.32 Å². The molecule has 2 aromatic carbocycles. The van der Waals surface area contributed by atoms with Crippen LogP contribution >= 0.6 is 11.6 Å². The minimum absolute atomic E-state index is 0.242. The summed E-state index contributed by atoms with van der Waals surface area (Å²) < 4.78 is 27.4. The van der Waals surface area contributed by atoms with Gasteiger partial charge in [0.05, 0.1) is 11.7 Å². The van der Waals surface area contributed by atoms with Crippen LogP contribution in [0.25, 0.3) is 0 Å². The predicted molar refractivity (Wildman–Crippen MR) is 67.9 cm³/mol. The third-order valence-corrected chi connectivity index (χ3v) is 3.38. The van der Waals surface area contributed by atoms with Gasteiger partial charge in [0.15, 0.2) is 0 Å². The van der Waals surface area contributed by atoms with Crippen LogP contribution in [0.15, 0.2) is 36.4 Å². The molecular weight excluding hydrogens is 256 g/mol. The van der Waals surface area contributed by atoms with Crippen LogP contribution in [0.4, 0.5) is 14.5 Å². The van der Waals surface area contributed by atoms with Crippen molar-refractivity contribution in [3.8, 4) is 0 Å². The monoisotopic (exact) mass is 265 g/mol. The van der Waals surface area contributed by atoms with E-state index >= 15 is 0 Å². The van der Waals surface area contributed by atoms with Crippen molar-refractivity contribution in [2.24, 2.45) is 0 Å². The molecule has 1 heterocycles. The minimum Gasteiger partial charge on any atom is -0.375 e. The Kier molecular flexibility index (Phi) is 2.71. The zero-order valence-corrected chi connectivity index (χ0v) is 10.1. The van der Waals surface area contributed by atoms with Gasteiger partial charge in [-0.25, -0.2) is 8.78 Å². The molecule has 0 aromatic heterocycles. The second kappa shape index (κ2) is 4.25. The lowest BCUT2D eigenvalue weighted by Gasteiger charge is -2.12. The second-order valence-electron chi connectivity index (χ2n) is 4.34. The number of anilines is 1. The van der Waals surface area contributed by atoms with Gasteiger partial charge in [0.1, 0.15) is 11.6 Å². The number of hydrogen-bond donors (Lipinski definition) is 1. The predicted octanol–water partition coefficient (Wildman–Crippen LogP) is 4.33. The van der Waals surface area contributed by atoms with Gasteiger partial charge in [-0.15, -0.1) is 0 Å². The lowest BCUT2D eigenvalue weighted by molar-refractivity contribution is 0.594. The maximum atomic E-state index is 13.7. The van der Waals surface area contributed by atoms with E-state index in [1.165, 1.54) is 12.1 Å². The first-order valence-electron chi connectivity index (χ1n) is 5.64. The minimum atomic E-state index is -0.392. The van der Waals surface area contributed by atoms with Crippen LogP contribution in [0.2, 0.25) is 5.02 Å². The molecule has 0 saturated carbocycles. The molecule has 0 saturated heterocycles. The first-order chi connectivity index (χ1) is 8.65. The van der Waals surface area contributed by atoms with E-state index in [-0.39, 0.29) is 11.9 Å². The summed E-state index contributed by atoms with van der Waals surface area (Å²) in [5, 5.41) is 3.38. The Bertz CT molecular complexity index is 613. The summed E-state index contributed by atoms with van der Waals surface area (Å²) in [6.45, 7) is 0. The maximum Gasteiger partial charge on any atom is 0.148 e. The molecule has 1 aliphatic heterocycles. The first kappa shape index (κ1) is 11.5. The summed E-state index contributed by atoms with van der Waals surface area (Å²) in [5.74, 6) is -0.675. The summed E-state index contributed by atoms with van der Waals surface area (Å²) in [7, 11) is 0. The van der Waals surface area contributed by atoms with Gasteiger partial charge < -0.3 is 5.32 Å². The van der Waals surface area contributed by atoms with E-state index in [0.717, 1.165) is 5.56 Å². The summed E-state index contributed by atoms with van der Waals surface area (Å²) in [6, 6.07) is 9.26. The van der Waals surface area contributed by atoms with Gasteiger partial charge in [-0.3, -0.25) is 0 Å². The highest BCUT2D eigenvalue weighted by atomic mass is 35.5. The van der Waals surface area contributed by atoms with Crippen molar-refractivity contribution in [2.75, 3.05) is 5.32 Å². The molecule has 1 aliphatic rings. The van der Waals surface area contributed by atoms with Crippen molar-refractivity contribution in [3.05, 3.63) is 64.2 Å². The molecule has 1 N–H and O–H groups in total. The first-order valence-corrected chi connectivity index (χ1v) is 6.02. The van der Waals surface area contributed by atoms with Crippen molar-refractivity contribution < 1.29 is 8.78 Å². The largest absolute Gasteiger partial charge is 0.375 e. The van der Waals surface area contributed by atoms with E-state index < -0.39 is 5.82 Å². The number of fused-ring (bicyclic) bond motifs is 1. The number of hydrogen-bond acceptors (Lipinski definition) is 1. The summed E-state index contributed by atoms with van der Waals surface area (Å²) in [4.78, 5) is 0. The maximum absolute atomic E-state index is 13.7. The Hall–Kier alpha value is -1.61. The van der Waals surface area contributed by atoms with Crippen molar-refractivity contribution in [1.82, 2.24) is 0 Å². The molecule has 1 atom stereocenters. The third-order valence-electron chi connectivity index (χ3n) is 3.16. The highest BCUT2D eigenvalue weighted by Gasteiger charge is 2.26. The molecule has 1 nitrogen and oxygen atoms in total. The van der Waals surface area contributed by atoms with Crippen molar-refractivity contribution in [2.45, 2.75) is 12.5 Å². The van der Waals surface area contributed by atoms with Gasteiger partial charge >= 0.3 is 0 Å². The molecule has 0 aliphatic carbocycles. The molecule has 18 heavy (non-hydrogen) atoms. The second-order valence-corrected chi connectivity index (χ2v) is 4.78. The normalized spacial score (nSPS) is 17.4. The zero-order chi connectivity index (χ0) is 12.7. The van der Waals surface area contributed by atoms with E-state index in [1.807, 2.05) is 0 Å². The smallest absolute Gasteiger partial charge is 0.148 e. The topological polar surface area (TPSA) is 12.0 Å². The molecule has 0 radical (unpaired) electrons. The Labute approximate surface area is 108 Å². The van der Waals surface area contributed by atoms with Gasteiger partial charge in [0, 0.05) is 10.6 Å². The highest BCUT2D eigenvalue weighted by molar-refractivity contribution is 6.30. The quantitative estimate of drug-likeness (QED) is 0.809. The van der Waals surface area contributed by atoms with Crippen LogP contribution in [-0.2, 0) is 6.42 Å². The number of halogens is 3. The van der Waals surface area contributed by atoms with E-state index in [9.17, 15) is 8.78 Å². The fourth-order valence-corrected chi connectivity index (χ4v) is 2.57. The lowest BCUT2D eigenvalue weighted by atomic mass is 10.0. The Balaban J connectivity index is 1.99. The molecule has 92 valence electrons. The molecule has 0 amide bonds. The van der Waals surface area contributed by atoms with Gasteiger partial charge in [-0.05, 0) is 30.2 Å². The van der Waals surface area contributed by atoms with Gasteiger partial charge in [0.2, 0.25) is 0 Å². The van der Waals surface area contributed by atoms with Crippen LogP contribution in [0.1, 0.15) is 17.2 Å². The average Bonchev–Trinajstić information content (AvgIpc) is 2.73. The van der Waals surface area contributed by atoms with Crippen molar-refractivity contribution >= 4 is 17.3 Å². The fraction of sp³-hybridized carbons (Fsp3) is 0.143. The van der Waals surface area contributed by atoms with E-state index in [0.29, 0.717) is 22.7 Å². The molecule has 2 aromatic rings. The number of nitrogens with one attached hydrogen (secondary N) is 1. The fourth-order valence-electron chi connectivity index (χ4n) is 2.34. The molecule has 0 bridgehead atoms. The van der Waals surface area contributed by atoms with Crippen LogP contribution < -0.4 is 5.32 Å². The SMILES string of the molecule is Fc1ccccc1C1Cc2cc(Cl)cc(F)c2N1. The Morgan fingerprint density at radius 3 is 2.67 bits per heavy atom. The lowest BCUT2D eigenvalue weighted by Crippen LogP contribution is -2.08. The van der Waals surface area contributed by atoms with Crippen LogP contribution in [0.5, 0.6) is 0 Å². The standard InChI is InChI=1S/C14H10ClF2N/c15-9-5-8-6-13(18-14(8)12(17)7-9)10-3-1-2-4-11(10)16/h1-5,7,13,18H,6H2. The Morgan fingerprint density at radius 1 is 1.11 bits per heavy atom. The summed E-state index contributed by atoms with van der Waals surface area (Å²) >= 11 is 5.81. The van der Waals surface area contributed by atoms with Crippen LogP contribution in [0, 0.1) is 11.6 Å². The van der Waals surface area contributed by atoms with Crippen LogP contribution in [-0.4, -0.2) is 0 Å². The molecular formula is C14H10ClF2N. The van der Waals surface area contributed by atoms with E-state index in [4.69, 9.17) is 11.6 Å². The van der Waals surface area contributed by atoms with Gasteiger partial charge in [0.25, 0.3) is 0 Å². The molecule has 1 unspecified atom stereocenters. The van der Waals surface area contributed by atoms with Crippen LogP contribution in [0.3, 0.4) is 0 Å². The Morgan fingerprint density at radius 2 is 1.89 bits per heavy atom. The molecule has 3 rings (SSSR count). The third kappa shape index (κ3) is 1.85. The highest BCUT2D eigenvalue weighted by Crippen LogP contribution is 2.38. The zero-order valence-electron chi connectivity index (χ0n) is 9.38. The number of rotatable bonds is 1. The van der Waals surface area contributed by atoms with Crippen molar-refractivity contribution in [1.29, 1.82) is 0 Å². The molecule has 0 fully saturated rings. The molecule has 0 spiro atoms. The van der Waals surface area contributed by atoms with E-state index in [1.54, 1.807) is 24.3 Å². The molecule has 4 heteroatoms.